The maximum Gasteiger partial charge on any atom is 0.258 e. The summed E-state index contributed by atoms with van der Waals surface area (Å²) in [6, 6.07) is 7.11. The number of para-hydroxylation sites is 1. The molecule has 17 heavy (non-hydrogen) atoms. The Morgan fingerprint density at radius 3 is 2.82 bits per heavy atom. The molecule has 1 heterocycles. The Kier molecular flexibility index (Phi) is 3.15. The van der Waals surface area contributed by atoms with E-state index in [9.17, 15) is 4.79 Å². The molecule has 0 saturated heterocycles. The topological polar surface area (TPSA) is 83.8 Å². The normalized spacial score (nSPS) is 9.88. The van der Waals surface area contributed by atoms with Gasteiger partial charge >= 0.3 is 0 Å². The van der Waals surface area contributed by atoms with Crippen molar-refractivity contribution in [3.63, 3.8) is 0 Å². The maximum atomic E-state index is 11.8. The van der Waals surface area contributed by atoms with E-state index in [0.717, 1.165) is 0 Å². The monoisotopic (exact) mass is 246 g/mol. The van der Waals surface area contributed by atoms with Crippen molar-refractivity contribution in [1.29, 1.82) is 0 Å². The van der Waals surface area contributed by atoms with Crippen LogP contribution in [-0.2, 0) is 0 Å². The molecule has 1 amide bonds. The molecule has 0 aliphatic heterocycles. The van der Waals surface area contributed by atoms with Crippen molar-refractivity contribution in [2.24, 2.45) is 5.73 Å². The van der Waals surface area contributed by atoms with Crippen molar-refractivity contribution in [2.45, 2.75) is 0 Å². The van der Waals surface area contributed by atoms with Crippen LogP contribution in [0.4, 0.5) is 5.69 Å². The van der Waals surface area contributed by atoms with Crippen LogP contribution in [0.5, 0.6) is 0 Å². The molecule has 4 N–H and O–H groups in total. The number of rotatable bonds is 3. The predicted molar refractivity (Wildman–Crippen MR) is 68.9 cm³/mol. The van der Waals surface area contributed by atoms with Gasteiger partial charge in [0.05, 0.1) is 17.4 Å². The molecule has 0 saturated carbocycles. The van der Waals surface area contributed by atoms with Crippen molar-refractivity contribution < 1.29 is 4.79 Å². The second-order valence-corrected chi connectivity index (χ2v) is 3.79. The molecule has 1 aromatic carbocycles. The second kappa shape index (κ2) is 4.75. The molecule has 1 aromatic heterocycles. The van der Waals surface area contributed by atoms with Gasteiger partial charge in [0.2, 0.25) is 0 Å². The zero-order valence-electron chi connectivity index (χ0n) is 8.81. The van der Waals surface area contributed by atoms with Gasteiger partial charge in [-0.3, -0.25) is 9.89 Å². The van der Waals surface area contributed by atoms with E-state index < -0.39 is 0 Å². The number of amides is 1. The number of nitrogens with one attached hydrogen (secondary N) is 2. The van der Waals surface area contributed by atoms with Gasteiger partial charge in [-0.2, -0.15) is 5.10 Å². The number of thiocarbonyl (C=S) groups is 1. The lowest BCUT2D eigenvalue weighted by atomic mass is 10.1. The summed E-state index contributed by atoms with van der Waals surface area (Å²) >= 11 is 4.91. The van der Waals surface area contributed by atoms with Crippen LogP contribution in [0.3, 0.4) is 0 Å². The van der Waals surface area contributed by atoms with Crippen LogP contribution in [0.25, 0.3) is 0 Å². The predicted octanol–water partition coefficient (Wildman–Crippen LogP) is 1.30. The minimum atomic E-state index is -0.262. The van der Waals surface area contributed by atoms with Crippen molar-refractivity contribution in [3.8, 4) is 0 Å². The van der Waals surface area contributed by atoms with Crippen molar-refractivity contribution >= 4 is 28.8 Å². The largest absolute Gasteiger partial charge is 0.389 e. The minimum Gasteiger partial charge on any atom is -0.389 e. The molecule has 0 aliphatic rings. The first-order chi connectivity index (χ1) is 8.18. The number of nitrogens with two attached hydrogens (primary N) is 1. The highest BCUT2D eigenvalue weighted by atomic mass is 32.1. The fourth-order valence-electron chi connectivity index (χ4n) is 1.38. The summed E-state index contributed by atoms with van der Waals surface area (Å²) in [6.45, 7) is 0. The number of aromatic amines is 1. The molecule has 0 fully saturated rings. The highest BCUT2D eigenvalue weighted by molar-refractivity contribution is 7.80. The third kappa shape index (κ3) is 2.48. The van der Waals surface area contributed by atoms with Crippen LogP contribution >= 0.6 is 12.2 Å². The number of benzene rings is 1. The SMILES string of the molecule is NC(=S)c1ccccc1NC(=O)c1cn[nH]c1. The molecule has 6 heteroatoms. The van der Waals surface area contributed by atoms with Crippen LogP contribution in [0.2, 0.25) is 0 Å². The molecule has 0 spiro atoms. The lowest BCUT2D eigenvalue weighted by Crippen LogP contribution is -2.17. The number of carbonyl (C=O) groups is 1. The molecule has 0 unspecified atom stereocenters. The van der Waals surface area contributed by atoms with Gasteiger partial charge < -0.3 is 11.1 Å². The fourth-order valence-corrected chi connectivity index (χ4v) is 1.55. The van der Waals surface area contributed by atoms with Gasteiger partial charge in [0.15, 0.2) is 0 Å². The number of hydrogen-bond acceptors (Lipinski definition) is 3. The number of aromatic nitrogens is 2. The lowest BCUT2D eigenvalue weighted by Gasteiger charge is -2.08. The number of nitrogens with zero attached hydrogens (tertiary/aromatic N) is 1. The summed E-state index contributed by atoms with van der Waals surface area (Å²) < 4.78 is 0. The van der Waals surface area contributed by atoms with Gasteiger partial charge in [-0.25, -0.2) is 0 Å². The first kappa shape index (κ1) is 11.3. The summed E-state index contributed by atoms with van der Waals surface area (Å²) in [6.07, 6.45) is 2.96. The Morgan fingerprint density at radius 1 is 1.41 bits per heavy atom. The smallest absolute Gasteiger partial charge is 0.258 e. The Hall–Kier alpha value is -2.21. The summed E-state index contributed by atoms with van der Waals surface area (Å²) in [4.78, 5) is 12.0. The quantitative estimate of drug-likeness (QED) is 0.713. The molecule has 2 rings (SSSR count). The molecule has 0 atom stereocenters. The van der Waals surface area contributed by atoms with Crippen LogP contribution in [-0.4, -0.2) is 21.1 Å². The van der Waals surface area contributed by atoms with Crippen LogP contribution < -0.4 is 11.1 Å². The number of carbonyl (C=O) groups excluding carboxylic acids is 1. The molecular weight excluding hydrogens is 236 g/mol. The Labute approximate surface area is 103 Å². The van der Waals surface area contributed by atoms with E-state index >= 15 is 0 Å². The first-order valence-electron chi connectivity index (χ1n) is 4.87. The highest BCUT2D eigenvalue weighted by Gasteiger charge is 2.10. The fraction of sp³-hybridized carbons (Fsp3) is 0. The van der Waals surface area contributed by atoms with Crippen molar-refractivity contribution in [1.82, 2.24) is 10.2 Å². The molecule has 2 aromatic rings. The maximum absolute atomic E-state index is 11.8. The van der Waals surface area contributed by atoms with E-state index in [0.29, 0.717) is 16.8 Å². The van der Waals surface area contributed by atoms with E-state index in [1.807, 2.05) is 6.07 Å². The van der Waals surface area contributed by atoms with E-state index in [1.54, 1.807) is 18.2 Å². The average Bonchev–Trinajstić information content (AvgIpc) is 2.83. The van der Waals surface area contributed by atoms with Gasteiger partial charge in [-0.1, -0.05) is 24.4 Å². The van der Waals surface area contributed by atoms with Gasteiger partial charge in [-0.15, -0.1) is 0 Å². The number of anilines is 1. The molecular formula is C11H10N4OS. The van der Waals surface area contributed by atoms with E-state index in [4.69, 9.17) is 18.0 Å². The van der Waals surface area contributed by atoms with Gasteiger partial charge in [0, 0.05) is 11.8 Å². The van der Waals surface area contributed by atoms with E-state index in [1.165, 1.54) is 12.4 Å². The van der Waals surface area contributed by atoms with E-state index in [2.05, 4.69) is 15.5 Å². The summed E-state index contributed by atoms with van der Waals surface area (Å²) in [5.74, 6) is -0.262. The number of H-pyrrole nitrogens is 1. The van der Waals surface area contributed by atoms with E-state index in [-0.39, 0.29) is 10.9 Å². The zero-order chi connectivity index (χ0) is 12.3. The molecule has 0 aliphatic carbocycles. The first-order valence-corrected chi connectivity index (χ1v) is 5.28. The van der Waals surface area contributed by atoms with Crippen LogP contribution in [0.1, 0.15) is 15.9 Å². The van der Waals surface area contributed by atoms with Gasteiger partial charge in [0.1, 0.15) is 4.99 Å². The third-order valence-corrected chi connectivity index (χ3v) is 2.42. The average molecular weight is 246 g/mol. The highest BCUT2D eigenvalue weighted by Crippen LogP contribution is 2.15. The van der Waals surface area contributed by atoms with Gasteiger partial charge in [0.25, 0.3) is 5.91 Å². The van der Waals surface area contributed by atoms with Crippen LogP contribution in [0, 0.1) is 0 Å². The molecule has 0 radical (unpaired) electrons. The summed E-state index contributed by atoms with van der Waals surface area (Å²) in [5, 5.41) is 9.01. The van der Waals surface area contributed by atoms with Crippen LogP contribution in [0.15, 0.2) is 36.7 Å². The summed E-state index contributed by atoms with van der Waals surface area (Å²) in [5.41, 5.74) is 7.24. The Morgan fingerprint density at radius 2 is 2.18 bits per heavy atom. The standard InChI is InChI=1S/C11H10N4OS/c12-10(17)8-3-1-2-4-9(8)15-11(16)7-5-13-14-6-7/h1-6H,(H2,12,17)(H,13,14)(H,15,16). The molecule has 5 nitrogen and oxygen atoms in total. The van der Waals surface area contributed by atoms with Gasteiger partial charge in [-0.05, 0) is 12.1 Å². The molecule has 86 valence electrons. The Balaban J connectivity index is 2.25. The zero-order valence-corrected chi connectivity index (χ0v) is 9.62. The van der Waals surface area contributed by atoms with Crippen molar-refractivity contribution in [2.75, 3.05) is 5.32 Å². The lowest BCUT2D eigenvalue weighted by molar-refractivity contribution is 0.102. The van der Waals surface area contributed by atoms with Crippen molar-refractivity contribution in [3.05, 3.63) is 47.8 Å². The Bertz CT molecular complexity index is 550. The summed E-state index contributed by atoms with van der Waals surface area (Å²) in [7, 11) is 0. The minimum absolute atomic E-state index is 0.244. The molecule has 0 bridgehead atoms. The third-order valence-electron chi connectivity index (χ3n) is 2.20. The second-order valence-electron chi connectivity index (χ2n) is 3.35. The number of hydrogen-bond donors (Lipinski definition) is 3.